The lowest BCUT2D eigenvalue weighted by Crippen LogP contribution is -2.28. The smallest absolute Gasteiger partial charge is 0.316 e. The van der Waals surface area contributed by atoms with E-state index in [0.29, 0.717) is 6.54 Å². The molecule has 0 radical (unpaired) electrons. The van der Waals surface area contributed by atoms with Gasteiger partial charge in [-0.1, -0.05) is 22.9 Å². The first kappa shape index (κ1) is 18.2. The number of nitrogens with one attached hydrogen (secondary N) is 2. The number of sulfonamides is 1. The van der Waals surface area contributed by atoms with Crippen LogP contribution in [0.2, 0.25) is 0 Å². The largest absolute Gasteiger partial charge is 0.418 e. The van der Waals surface area contributed by atoms with Gasteiger partial charge in [-0.05, 0) is 31.2 Å². The predicted octanol–water partition coefficient (Wildman–Crippen LogP) is 3.21. The number of halogens is 4. The minimum absolute atomic E-state index is 0.182. The van der Waals surface area contributed by atoms with Gasteiger partial charge in [-0.25, -0.2) is 8.42 Å². The summed E-state index contributed by atoms with van der Waals surface area (Å²) in [7, 11) is -3.84. The minimum Gasteiger partial charge on any atom is -0.316 e. The van der Waals surface area contributed by atoms with Crippen molar-refractivity contribution in [1.29, 1.82) is 0 Å². The van der Waals surface area contributed by atoms with Crippen LogP contribution in [-0.2, 0) is 16.2 Å². The van der Waals surface area contributed by atoms with Gasteiger partial charge >= 0.3 is 6.18 Å². The maximum atomic E-state index is 12.9. The highest BCUT2D eigenvalue weighted by Gasteiger charge is 2.34. The lowest BCUT2D eigenvalue weighted by molar-refractivity contribution is -0.136. The second kappa shape index (κ2) is 7.46. The maximum absolute atomic E-state index is 12.9. The molecule has 4 nitrogen and oxygen atoms in total. The van der Waals surface area contributed by atoms with E-state index < -0.39 is 27.5 Å². The van der Waals surface area contributed by atoms with Gasteiger partial charge < -0.3 is 5.32 Å². The fourth-order valence-corrected chi connectivity index (χ4v) is 2.96. The highest BCUT2D eigenvalue weighted by Crippen LogP contribution is 2.36. The Morgan fingerprint density at radius 1 is 1.24 bits per heavy atom. The van der Waals surface area contributed by atoms with Crippen LogP contribution in [0.25, 0.3) is 0 Å². The van der Waals surface area contributed by atoms with E-state index in [-0.39, 0.29) is 16.8 Å². The van der Waals surface area contributed by atoms with Gasteiger partial charge in [0, 0.05) is 11.0 Å². The monoisotopic (exact) mass is 388 g/mol. The predicted molar refractivity (Wildman–Crippen MR) is 79.7 cm³/mol. The summed E-state index contributed by atoms with van der Waals surface area (Å²) in [4.78, 5) is 0. The van der Waals surface area contributed by atoms with Crippen molar-refractivity contribution in [3.63, 3.8) is 0 Å². The van der Waals surface area contributed by atoms with Crippen molar-refractivity contribution >= 4 is 31.6 Å². The third kappa shape index (κ3) is 6.23. The fraction of sp³-hybridized carbons (Fsp3) is 0.500. The van der Waals surface area contributed by atoms with Crippen molar-refractivity contribution in [1.82, 2.24) is 5.32 Å². The number of anilines is 1. The first-order valence-corrected chi connectivity index (χ1v) is 8.68. The Labute approximate surface area is 130 Å². The van der Waals surface area contributed by atoms with E-state index in [2.05, 4.69) is 21.2 Å². The maximum Gasteiger partial charge on any atom is 0.418 e. The molecular weight excluding hydrogens is 373 g/mol. The molecule has 0 aromatic heterocycles. The Kier molecular flexibility index (Phi) is 6.48. The van der Waals surface area contributed by atoms with E-state index in [1.807, 2.05) is 11.6 Å². The zero-order valence-electron chi connectivity index (χ0n) is 11.3. The van der Waals surface area contributed by atoms with Crippen LogP contribution < -0.4 is 10.0 Å². The average Bonchev–Trinajstić information content (AvgIpc) is 2.35. The molecule has 9 heteroatoms. The van der Waals surface area contributed by atoms with Crippen LogP contribution in [-0.4, -0.2) is 27.3 Å². The van der Waals surface area contributed by atoms with E-state index in [4.69, 9.17) is 0 Å². The van der Waals surface area contributed by atoms with Gasteiger partial charge in [0.2, 0.25) is 10.0 Å². The Morgan fingerprint density at radius 2 is 1.90 bits per heavy atom. The number of hydrogen-bond acceptors (Lipinski definition) is 3. The minimum atomic E-state index is -4.64. The van der Waals surface area contributed by atoms with Gasteiger partial charge in [-0.2, -0.15) is 13.2 Å². The highest BCUT2D eigenvalue weighted by atomic mass is 79.9. The second-order valence-electron chi connectivity index (χ2n) is 4.36. The lowest BCUT2D eigenvalue weighted by Gasteiger charge is -2.15. The molecule has 1 aromatic carbocycles. The van der Waals surface area contributed by atoms with Crippen molar-refractivity contribution < 1.29 is 21.6 Å². The molecule has 0 fully saturated rings. The quantitative estimate of drug-likeness (QED) is 0.705. The van der Waals surface area contributed by atoms with Crippen molar-refractivity contribution in [2.24, 2.45) is 0 Å². The molecule has 0 bridgehead atoms. The van der Waals surface area contributed by atoms with Gasteiger partial charge in [0.1, 0.15) is 0 Å². The standard InChI is InChI=1S/C12H16BrF3N2O2S/c1-2-5-17-6-7-21(19,20)18-11-4-3-9(13)8-10(11)12(14,15)16/h3-4,8,17-18H,2,5-7H2,1H3. The molecule has 0 aliphatic rings. The molecule has 0 saturated heterocycles. The van der Waals surface area contributed by atoms with Gasteiger partial charge in [0.15, 0.2) is 0 Å². The molecule has 1 rings (SSSR count). The topological polar surface area (TPSA) is 58.2 Å². The Balaban J connectivity index is 2.87. The fourth-order valence-electron chi connectivity index (χ4n) is 1.57. The molecule has 1 aromatic rings. The Morgan fingerprint density at radius 3 is 2.48 bits per heavy atom. The van der Waals surface area contributed by atoms with Crippen molar-refractivity contribution in [2.45, 2.75) is 19.5 Å². The summed E-state index contributed by atoms with van der Waals surface area (Å²) in [6.07, 6.45) is -3.79. The molecule has 0 amide bonds. The van der Waals surface area contributed by atoms with Gasteiger partial charge in [0.05, 0.1) is 17.0 Å². The van der Waals surface area contributed by atoms with E-state index in [1.54, 1.807) is 0 Å². The summed E-state index contributed by atoms with van der Waals surface area (Å²) >= 11 is 2.94. The molecule has 0 spiro atoms. The number of hydrogen-bond donors (Lipinski definition) is 2. The Bertz CT molecular complexity index is 576. The zero-order chi connectivity index (χ0) is 16.1. The SMILES string of the molecule is CCCNCCS(=O)(=O)Nc1ccc(Br)cc1C(F)(F)F. The van der Waals surface area contributed by atoms with Crippen molar-refractivity contribution in [3.8, 4) is 0 Å². The van der Waals surface area contributed by atoms with E-state index in [1.165, 1.54) is 6.07 Å². The number of benzene rings is 1. The third-order valence-corrected chi connectivity index (χ3v) is 4.29. The molecule has 120 valence electrons. The number of alkyl halides is 3. The summed E-state index contributed by atoms with van der Waals surface area (Å²) in [6.45, 7) is 2.76. The van der Waals surface area contributed by atoms with Crippen LogP contribution >= 0.6 is 15.9 Å². The van der Waals surface area contributed by atoms with Gasteiger partial charge in [0.25, 0.3) is 0 Å². The van der Waals surface area contributed by atoms with E-state index >= 15 is 0 Å². The van der Waals surface area contributed by atoms with Crippen LogP contribution in [0, 0.1) is 0 Å². The molecule has 0 heterocycles. The van der Waals surface area contributed by atoms with E-state index in [0.717, 1.165) is 18.6 Å². The van der Waals surface area contributed by atoms with Crippen molar-refractivity contribution in [2.75, 3.05) is 23.6 Å². The molecule has 2 N–H and O–H groups in total. The Hall–Kier alpha value is -0.800. The normalized spacial score (nSPS) is 12.4. The lowest BCUT2D eigenvalue weighted by atomic mass is 10.2. The molecule has 0 atom stereocenters. The van der Waals surface area contributed by atoms with Gasteiger partial charge in [-0.15, -0.1) is 0 Å². The van der Waals surface area contributed by atoms with Crippen LogP contribution in [0.1, 0.15) is 18.9 Å². The van der Waals surface area contributed by atoms with Gasteiger partial charge in [-0.3, -0.25) is 4.72 Å². The summed E-state index contributed by atoms with van der Waals surface area (Å²) in [6, 6.07) is 3.28. The second-order valence-corrected chi connectivity index (χ2v) is 7.12. The number of rotatable bonds is 7. The molecule has 0 saturated carbocycles. The zero-order valence-corrected chi connectivity index (χ0v) is 13.7. The molecule has 21 heavy (non-hydrogen) atoms. The molecular formula is C12H16BrF3N2O2S. The third-order valence-electron chi connectivity index (χ3n) is 2.53. The molecule has 0 aliphatic carbocycles. The highest BCUT2D eigenvalue weighted by molar-refractivity contribution is 9.10. The summed E-state index contributed by atoms with van der Waals surface area (Å²) in [5, 5.41) is 2.88. The van der Waals surface area contributed by atoms with Crippen molar-refractivity contribution in [3.05, 3.63) is 28.2 Å². The van der Waals surface area contributed by atoms with Crippen LogP contribution in [0.3, 0.4) is 0 Å². The summed E-state index contributed by atoms with van der Waals surface area (Å²) < 4.78 is 64.5. The molecule has 0 aliphatic heterocycles. The average molecular weight is 389 g/mol. The summed E-state index contributed by atoms with van der Waals surface area (Å²) in [5.41, 5.74) is -1.50. The van der Waals surface area contributed by atoms with Crippen LogP contribution in [0.4, 0.5) is 18.9 Å². The van der Waals surface area contributed by atoms with Crippen LogP contribution in [0.5, 0.6) is 0 Å². The van der Waals surface area contributed by atoms with Crippen LogP contribution in [0.15, 0.2) is 22.7 Å². The molecule has 0 unspecified atom stereocenters. The first-order valence-electron chi connectivity index (χ1n) is 6.23. The summed E-state index contributed by atoms with van der Waals surface area (Å²) in [5.74, 6) is -0.291. The first-order chi connectivity index (χ1) is 9.65. The van der Waals surface area contributed by atoms with E-state index in [9.17, 15) is 21.6 Å².